The first-order chi connectivity index (χ1) is 10.2. The Labute approximate surface area is 122 Å². The van der Waals surface area contributed by atoms with Crippen LogP contribution in [0.25, 0.3) is 6.08 Å². The lowest BCUT2D eigenvalue weighted by atomic mass is 10.0. The van der Waals surface area contributed by atoms with E-state index in [2.05, 4.69) is 4.98 Å². The van der Waals surface area contributed by atoms with Crippen molar-refractivity contribution in [1.82, 2.24) is 4.98 Å². The molecule has 1 aliphatic carbocycles. The van der Waals surface area contributed by atoms with E-state index in [1.807, 2.05) is 30.3 Å². The number of carboxylic acid groups (broad SMARTS) is 1. The summed E-state index contributed by atoms with van der Waals surface area (Å²) in [5, 5.41) is 9.22. The van der Waals surface area contributed by atoms with Crippen molar-refractivity contribution in [3.63, 3.8) is 0 Å². The number of rotatable bonds is 4. The molecule has 0 aliphatic heterocycles. The van der Waals surface area contributed by atoms with Gasteiger partial charge in [0, 0.05) is 6.20 Å². The third kappa shape index (κ3) is 2.65. The van der Waals surface area contributed by atoms with Gasteiger partial charge in [0.2, 0.25) is 0 Å². The second kappa shape index (κ2) is 5.40. The second-order valence-electron chi connectivity index (χ2n) is 5.03. The molecule has 3 rings (SSSR count). The van der Waals surface area contributed by atoms with Gasteiger partial charge in [-0.15, -0.1) is 0 Å². The number of nitrogens with zero attached hydrogens (tertiary/aromatic N) is 1. The van der Waals surface area contributed by atoms with E-state index in [-0.39, 0.29) is 0 Å². The van der Waals surface area contributed by atoms with Crippen molar-refractivity contribution < 1.29 is 14.6 Å². The Bertz CT molecular complexity index is 717. The average molecular weight is 281 g/mol. The van der Waals surface area contributed by atoms with Crippen LogP contribution >= 0.6 is 0 Å². The minimum absolute atomic E-state index is 0.348. The molecule has 1 N–H and O–H groups in total. The summed E-state index contributed by atoms with van der Waals surface area (Å²) in [5.41, 5.74) is 4.29. The van der Waals surface area contributed by atoms with Gasteiger partial charge in [0.05, 0.1) is 18.4 Å². The minimum atomic E-state index is -0.896. The summed E-state index contributed by atoms with van der Waals surface area (Å²) < 4.78 is 5.14. The molecule has 1 aromatic heterocycles. The number of allylic oxidation sites excluding steroid dienone is 1. The van der Waals surface area contributed by atoms with Crippen LogP contribution in [0.4, 0.5) is 0 Å². The maximum atomic E-state index is 11.2. The predicted octanol–water partition coefficient (Wildman–Crippen LogP) is 2.97. The van der Waals surface area contributed by atoms with E-state index in [1.54, 1.807) is 19.4 Å². The standard InChI is InChI=1S/C17H15NO3/c1-21-13-4-2-11(3-5-13)8-12-9-15-14(17(19)20)6-7-18-16(15)10-12/h2-7,10H,8-9H2,1H3,(H,19,20). The minimum Gasteiger partial charge on any atom is -0.497 e. The van der Waals surface area contributed by atoms with Crippen molar-refractivity contribution >= 4 is 12.0 Å². The highest BCUT2D eigenvalue weighted by molar-refractivity contribution is 5.91. The predicted molar refractivity (Wildman–Crippen MR) is 79.6 cm³/mol. The van der Waals surface area contributed by atoms with Gasteiger partial charge in [-0.3, -0.25) is 4.98 Å². The molecule has 106 valence electrons. The molecule has 0 unspecified atom stereocenters. The average Bonchev–Trinajstić information content (AvgIpc) is 2.89. The highest BCUT2D eigenvalue weighted by Gasteiger charge is 2.20. The number of hydrogen-bond acceptors (Lipinski definition) is 3. The smallest absolute Gasteiger partial charge is 0.336 e. The van der Waals surface area contributed by atoms with Gasteiger partial charge >= 0.3 is 5.97 Å². The number of aromatic carboxylic acids is 1. The van der Waals surface area contributed by atoms with Gasteiger partial charge < -0.3 is 9.84 Å². The molecule has 4 heteroatoms. The summed E-state index contributed by atoms with van der Waals surface area (Å²) in [6.07, 6.45) is 4.98. The number of ether oxygens (including phenoxy) is 1. The van der Waals surface area contributed by atoms with Crippen LogP contribution in [0, 0.1) is 0 Å². The molecule has 1 aromatic carbocycles. The molecule has 0 saturated heterocycles. The van der Waals surface area contributed by atoms with Crippen LogP contribution in [-0.4, -0.2) is 23.2 Å². The lowest BCUT2D eigenvalue weighted by Gasteiger charge is -2.05. The number of hydrogen-bond donors (Lipinski definition) is 1. The van der Waals surface area contributed by atoms with Gasteiger partial charge in [0.15, 0.2) is 0 Å². The zero-order valence-corrected chi connectivity index (χ0v) is 11.7. The van der Waals surface area contributed by atoms with Crippen LogP contribution < -0.4 is 4.74 Å². The molecular weight excluding hydrogens is 266 g/mol. The first-order valence-corrected chi connectivity index (χ1v) is 6.71. The molecule has 0 spiro atoms. The number of fused-ring (bicyclic) bond motifs is 1. The van der Waals surface area contributed by atoms with E-state index in [0.717, 1.165) is 23.4 Å². The molecule has 0 atom stereocenters. The van der Waals surface area contributed by atoms with Crippen LogP contribution in [-0.2, 0) is 12.8 Å². The van der Waals surface area contributed by atoms with E-state index in [9.17, 15) is 9.90 Å². The van der Waals surface area contributed by atoms with Gasteiger partial charge in [-0.2, -0.15) is 0 Å². The molecule has 0 bridgehead atoms. The summed E-state index contributed by atoms with van der Waals surface area (Å²) in [6.45, 7) is 0. The Morgan fingerprint density at radius 1 is 1.29 bits per heavy atom. The lowest BCUT2D eigenvalue weighted by molar-refractivity contribution is 0.0695. The number of methoxy groups -OCH3 is 1. The molecule has 0 amide bonds. The van der Waals surface area contributed by atoms with E-state index in [1.165, 1.54) is 11.1 Å². The largest absolute Gasteiger partial charge is 0.497 e. The monoisotopic (exact) mass is 281 g/mol. The summed E-state index contributed by atoms with van der Waals surface area (Å²) in [7, 11) is 1.64. The third-order valence-electron chi connectivity index (χ3n) is 3.65. The van der Waals surface area contributed by atoms with Gasteiger partial charge in [-0.05, 0) is 48.2 Å². The Morgan fingerprint density at radius 3 is 2.71 bits per heavy atom. The van der Waals surface area contributed by atoms with Gasteiger partial charge in [-0.1, -0.05) is 17.7 Å². The topological polar surface area (TPSA) is 59.4 Å². The highest BCUT2D eigenvalue weighted by atomic mass is 16.5. The molecule has 0 saturated carbocycles. The van der Waals surface area contributed by atoms with E-state index >= 15 is 0 Å². The van der Waals surface area contributed by atoms with E-state index in [0.29, 0.717) is 12.0 Å². The van der Waals surface area contributed by atoms with Crippen LogP contribution in [0.1, 0.15) is 27.2 Å². The van der Waals surface area contributed by atoms with Crippen LogP contribution in [0.15, 0.2) is 42.1 Å². The molecule has 0 radical (unpaired) electrons. The molecule has 1 heterocycles. The molecule has 0 fully saturated rings. The fourth-order valence-electron chi connectivity index (χ4n) is 2.61. The molecule has 4 nitrogen and oxygen atoms in total. The number of benzene rings is 1. The highest BCUT2D eigenvalue weighted by Crippen LogP contribution is 2.28. The van der Waals surface area contributed by atoms with Crippen molar-refractivity contribution in [2.45, 2.75) is 12.8 Å². The fourth-order valence-corrected chi connectivity index (χ4v) is 2.61. The SMILES string of the molecule is COc1ccc(CC2=Cc3nccc(C(=O)O)c3C2)cc1. The van der Waals surface area contributed by atoms with E-state index in [4.69, 9.17) is 4.74 Å². The van der Waals surface area contributed by atoms with Crippen molar-refractivity contribution in [2.24, 2.45) is 0 Å². The van der Waals surface area contributed by atoms with Gasteiger partial charge in [0.25, 0.3) is 0 Å². The molecular formula is C17H15NO3. The fraction of sp³-hybridized carbons (Fsp3) is 0.176. The maximum absolute atomic E-state index is 11.2. The molecule has 21 heavy (non-hydrogen) atoms. The maximum Gasteiger partial charge on any atom is 0.336 e. The van der Waals surface area contributed by atoms with E-state index < -0.39 is 5.97 Å². The summed E-state index contributed by atoms with van der Waals surface area (Å²) in [6, 6.07) is 9.46. The molecule has 1 aliphatic rings. The summed E-state index contributed by atoms with van der Waals surface area (Å²) in [4.78, 5) is 15.5. The Hall–Kier alpha value is -2.62. The number of carbonyl (C=O) groups is 1. The first-order valence-electron chi connectivity index (χ1n) is 6.71. The van der Waals surface area contributed by atoms with Crippen molar-refractivity contribution in [2.75, 3.05) is 7.11 Å². The van der Waals surface area contributed by atoms with Crippen LogP contribution in [0.5, 0.6) is 5.75 Å². The zero-order valence-electron chi connectivity index (χ0n) is 11.7. The summed E-state index contributed by atoms with van der Waals surface area (Å²) in [5.74, 6) is -0.0648. The Kier molecular flexibility index (Phi) is 3.44. The quantitative estimate of drug-likeness (QED) is 0.936. The van der Waals surface area contributed by atoms with Gasteiger partial charge in [-0.25, -0.2) is 4.79 Å². The Morgan fingerprint density at radius 2 is 2.05 bits per heavy atom. The number of carboxylic acids is 1. The number of pyridine rings is 1. The second-order valence-corrected chi connectivity index (χ2v) is 5.03. The normalized spacial score (nSPS) is 12.7. The van der Waals surface area contributed by atoms with Crippen molar-refractivity contribution in [3.05, 3.63) is 64.5 Å². The van der Waals surface area contributed by atoms with Crippen molar-refractivity contribution in [3.8, 4) is 5.75 Å². The number of aromatic nitrogens is 1. The van der Waals surface area contributed by atoms with Crippen LogP contribution in [0.3, 0.4) is 0 Å². The van der Waals surface area contributed by atoms with Gasteiger partial charge in [0.1, 0.15) is 5.75 Å². The Balaban J connectivity index is 1.80. The first kappa shape index (κ1) is 13.4. The zero-order chi connectivity index (χ0) is 14.8. The molecule has 2 aromatic rings. The lowest BCUT2D eigenvalue weighted by Crippen LogP contribution is -2.03. The van der Waals surface area contributed by atoms with Crippen molar-refractivity contribution in [1.29, 1.82) is 0 Å². The summed E-state index contributed by atoms with van der Waals surface area (Å²) >= 11 is 0. The van der Waals surface area contributed by atoms with Crippen LogP contribution in [0.2, 0.25) is 0 Å². The third-order valence-corrected chi connectivity index (χ3v) is 3.65.